The van der Waals surface area contributed by atoms with Crippen molar-refractivity contribution in [2.24, 2.45) is 0 Å². The van der Waals surface area contributed by atoms with Crippen LogP contribution in [0.5, 0.6) is 0 Å². The summed E-state index contributed by atoms with van der Waals surface area (Å²) in [4.78, 5) is 11.5. The normalized spacial score (nSPS) is 10.8. The zero-order valence-corrected chi connectivity index (χ0v) is 11.1. The third kappa shape index (κ3) is 7.23. The van der Waals surface area contributed by atoms with Gasteiger partial charge in [-0.25, -0.2) is 0 Å². The summed E-state index contributed by atoms with van der Waals surface area (Å²) in [6.07, 6.45) is 3.22. The van der Waals surface area contributed by atoms with Gasteiger partial charge in [0, 0.05) is 25.4 Å². The molecular formula is C14H20N2O3. The van der Waals surface area contributed by atoms with Crippen molar-refractivity contribution in [3.63, 3.8) is 0 Å². The Morgan fingerprint density at radius 3 is 2.68 bits per heavy atom. The number of hydrogen-bond donors (Lipinski definition) is 2. The van der Waals surface area contributed by atoms with Gasteiger partial charge < -0.3 is 20.5 Å². The molecule has 0 bridgehead atoms. The zero-order chi connectivity index (χ0) is 13.9. The molecule has 0 aromatic heterocycles. The van der Waals surface area contributed by atoms with E-state index in [2.05, 4.69) is 5.32 Å². The predicted octanol–water partition coefficient (Wildman–Crippen LogP) is 1.06. The summed E-state index contributed by atoms with van der Waals surface area (Å²) in [6, 6.07) is 7.29. The van der Waals surface area contributed by atoms with Gasteiger partial charge in [0.15, 0.2) is 0 Å². The summed E-state index contributed by atoms with van der Waals surface area (Å²) in [5.41, 5.74) is 7.21. The van der Waals surface area contributed by atoms with Crippen molar-refractivity contribution >= 4 is 17.7 Å². The molecule has 1 rings (SSSR count). The average Bonchev–Trinajstić information content (AvgIpc) is 2.42. The first-order chi connectivity index (χ1) is 9.22. The Balaban J connectivity index is 2.18. The highest BCUT2D eigenvalue weighted by Crippen LogP contribution is 2.06. The van der Waals surface area contributed by atoms with Gasteiger partial charge in [-0.3, -0.25) is 4.79 Å². The summed E-state index contributed by atoms with van der Waals surface area (Å²) < 4.78 is 10.1. The molecule has 0 radical (unpaired) electrons. The zero-order valence-electron chi connectivity index (χ0n) is 11.1. The molecule has 3 N–H and O–H groups in total. The monoisotopic (exact) mass is 264 g/mol. The smallest absolute Gasteiger partial charge is 0.244 e. The van der Waals surface area contributed by atoms with Crippen molar-refractivity contribution in [2.45, 2.75) is 0 Å². The molecule has 0 spiro atoms. The Hall–Kier alpha value is -1.85. The quantitative estimate of drug-likeness (QED) is 0.418. The number of amides is 1. The highest BCUT2D eigenvalue weighted by molar-refractivity contribution is 5.91. The van der Waals surface area contributed by atoms with Gasteiger partial charge in [0.1, 0.15) is 0 Å². The maximum Gasteiger partial charge on any atom is 0.244 e. The number of nitrogens with two attached hydrogens (primary N) is 1. The number of carbonyl (C=O) groups excluding carboxylic acids is 1. The van der Waals surface area contributed by atoms with E-state index in [9.17, 15) is 4.79 Å². The number of benzene rings is 1. The molecule has 104 valence electrons. The van der Waals surface area contributed by atoms with Gasteiger partial charge in [-0.2, -0.15) is 0 Å². The Morgan fingerprint density at radius 2 is 2.00 bits per heavy atom. The van der Waals surface area contributed by atoms with Crippen LogP contribution in [0.2, 0.25) is 0 Å². The van der Waals surface area contributed by atoms with Crippen molar-refractivity contribution in [2.75, 3.05) is 39.2 Å². The van der Waals surface area contributed by atoms with E-state index in [-0.39, 0.29) is 5.91 Å². The van der Waals surface area contributed by atoms with E-state index in [1.807, 2.05) is 12.1 Å². The molecule has 1 aromatic carbocycles. The van der Waals surface area contributed by atoms with Crippen LogP contribution in [-0.4, -0.2) is 39.4 Å². The van der Waals surface area contributed by atoms with E-state index < -0.39 is 0 Å². The number of anilines is 1. The minimum Gasteiger partial charge on any atom is -0.399 e. The fraction of sp³-hybridized carbons (Fsp3) is 0.357. The lowest BCUT2D eigenvalue weighted by molar-refractivity contribution is -0.116. The fourth-order valence-electron chi connectivity index (χ4n) is 1.33. The maximum absolute atomic E-state index is 11.5. The highest BCUT2D eigenvalue weighted by Gasteiger charge is 1.95. The Kier molecular flexibility index (Phi) is 7.31. The third-order valence-corrected chi connectivity index (χ3v) is 2.34. The number of nitrogen functional groups attached to an aromatic ring is 1. The van der Waals surface area contributed by atoms with E-state index in [1.54, 1.807) is 25.3 Å². The van der Waals surface area contributed by atoms with E-state index in [4.69, 9.17) is 15.2 Å². The van der Waals surface area contributed by atoms with Gasteiger partial charge in [-0.1, -0.05) is 12.1 Å². The van der Waals surface area contributed by atoms with Crippen molar-refractivity contribution in [3.8, 4) is 0 Å². The van der Waals surface area contributed by atoms with Crippen LogP contribution in [-0.2, 0) is 14.3 Å². The molecule has 0 atom stereocenters. The largest absolute Gasteiger partial charge is 0.399 e. The summed E-state index contributed by atoms with van der Waals surface area (Å²) in [6.45, 7) is 2.05. The lowest BCUT2D eigenvalue weighted by Gasteiger charge is -2.03. The second kappa shape index (κ2) is 9.13. The SMILES string of the molecule is COCCOCCNC(=O)/C=C/c1ccc(N)cc1. The number of nitrogens with one attached hydrogen (secondary N) is 1. The molecule has 1 aromatic rings. The van der Waals surface area contributed by atoms with E-state index in [1.165, 1.54) is 6.08 Å². The van der Waals surface area contributed by atoms with E-state index in [0.29, 0.717) is 32.1 Å². The average molecular weight is 264 g/mol. The standard InChI is InChI=1S/C14H20N2O3/c1-18-10-11-19-9-8-16-14(17)7-4-12-2-5-13(15)6-3-12/h2-7H,8-11,15H2,1H3,(H,16,17)/b7-4+. The number of methoxy groups -OCH3 is 1. The molecule has 0 fully saturated rings. The molecule has 0 unspecified atom stereocenters. The van der Waals surface area contributed by atoms with Crippen LogP contribution in [0.3, 0.4) is 0 Å². The van der Waals surface area contributed by atoms with Crippen LogP contribution in [0.25, 0.3) is 6.08 Å². The van der Waals surface area contributed by atoms with Crippen LogP contribution in [0.4, 0.5) is 5.69 Å². The van der Waals surface area contributed by atoms with Crippen LogP contribution in [0.1, 0.15) is 5.56 Å². The molecule has 5 heteroatoms. The number of ether oxygens (including phenoxy) is 2. The molecule has 0 aliphatic heterocycles. The fourth-order valence-corrected chi connectivity index (χ4v) is 1.33. The summed E-state index contributed by atoms with van der Waals surface area (Å²) >= 11 is 0. The summed E-state index contributed by atoms with van der Waals surface area (Å²) in [5.74, 6) is -0.146. The molecule has 0 aliphatic rings. The molecule has 1 amide bonds. The van der Waals surface area contributed by atoms with E-state index >= 15 is 0 Å². The Labute approximate surface area is 113 Å². The number of hydrogen-bond acceptors (Lipinski definition) is 4. The van der Waals surface area contributed by atoms with Crippen LogP contribution >= 0.6 is 0 Å². The number of rotatable bonds is 8. The highest BCUT2D eigenvalue weighted by atomic mass is 16.5. The summed E-state index contributed by atoms with van der Waals surface area (Å²) in [7, 11) is 1.62. The Bertz CT molecular complexity index is 402. The van der Waals surface area contributed by atoms with Crippen molar-refractivity contribution < 1.29 is 14.3 Å². The lowest BCUT2D eigenvalue weighted by Crippen LogP contribution is -2.25. The maximum atomic E-state index is 11.5. The van der Waals surface area contributed by atoms with Crippen molar-refractivity contribution in [1.29, 1.82) is 0 Å². The molecule has 0 saturated heterocycles. The molecule has 0 heterocycles. The molecule has 0 aliphatic carbocycles. The van der Waals surface area contributed by atoms with Gasteiger partial charge >= 0.3 is 0 Å². The first-order valence-electron chi connectivity index (χ1n) is 6.10. The number of carbonyl (C=O) groups is 1. The van der Waals surface area contributed by atoms with Crippen LogP contribution in [0.15, 0.2) is 30.3 Å². The van der Waals surface area contributed by atoms with Crippen molar-refractivity contribution in [3.05, 3.63) is 35.9 Å². The first kappa shape index (κ1) is 15.2. The van der Waals surface area contributed by atoms with Gasteiger partial charge in [0.2, 0.25) is 5.91 Å². The van der Waals surface area contributed by atoms with Crippen LogP contribution < -0.4 is 11.1 Å². The topological polar surface area (TPSA) is 73.6 Å². The molecule has 5 nitrogen and oxygen atoms in total. The van der Waals surface area contributed by atoms with Crippen molar-refractivity contribution in [1.82, 2.24) is 5.32 Å². The summed E-state index contributed by atoms with van der Waals surface area (Å²) in [5, 5.41) is 2.72. The lowest BCUT2D eigenvalue weighted by atomic mass is 10.2. The third-order valence-electron chi connectivity index (χ3n) is 2.34. The molecule has 0 saturated carbocycles. The van der Waals surface area contributed by atoms with Crippen LogP contribution in [0, 0.1) is 0 Å². The Morgan fingerprint density at radius 1 is 1.26 bits per heavy atom. The van der Waals surface area contributed by atoms with Gasteiger partial charge in [0.05, 0.1) is 19.8 Å². The second-order valence-electron chi connectivity index (χ2n) is 3.90. The minimum absolute atomic E-state index is 0.146. The van der Waals surface area contributed by atoms with Gasteiger partial charge in [-0.15, -0.1) is 0 Å². The van der Waals surface area contributed by atoms with E-state index in [0.717, 1.165) is 5.56 Å². The predicted molar refractivity (Wildman–Crippen MR) is 75.6 cm³/mol. The molecular weight excluding hydrogens is 244 g/mol. The molecule has 19 heavy (non-hydrogen) atoms. The second-order valence-corrected chi connectivity index (χ2v) is 3.90. The van der Waals surface area contributed by atoms with Gasteiger partial charge in [-0.05, 0) is 23.8 Å². The van der Waals surface area contributed by atoms with Gasteiger partial charge in [0.25, 0.3) is 0 Å². The minimum atomic E-state index is -0.146. The first-order valence-corrected chi connectivity index (χ1v) is 6.10.